The Morgan fingerprint density at radius 3 is 3.06 bits per heavy atom. The van der Waals surface area contributed by atoms with Crippen molar-refractivity contribution in [3.8, 4) is 5.75 Å². The van der Waals surface area contributed by atoms with Gasteiger partial charge >= 0.3 is 0 Å². The highest BCUT2D eigenvalue weighted by atomic mass is 16.5. The van der Waals surface area contributed by atoms with E-state index in [4.69, 9.17) is 4.74 Å². The quantitative estimate of drug-likeness (QED) is 0.809. The number of rotatable bonds is 4. The van der Waals surface area contributed by atoms with E-state index in [1.165, 1.54) is 5.56 Å². The van der Waals surface area contributed by atoms with Gasteiger partial charge < -0.3 is 9.84 Å². The van der Waals surface area contributed by atoms with Crippen molar-refractivity contribution in [2.45, 2.75) is 32.3 Å². The van der Waals surface area contributed by atoms with E-state index in [0.29, 0.717) is 6.61 Å². The Morgan fingerprint density at radius 1 is 1.53 bits per heavy atom. The maximum atomic E-state index is 10.1. The number of benzene rings is 1. The number of hydrogen-bond acceptors (Lipinski definition) is 2. The Morgan fingerprint density at radius 2 is 2.29 bits per heavy atom. The molecule has 0 saturated carbocycles. The molecule has 2 heteroatoms. The number of aliphatic hydroxyl groups excluding tert-OH is 1. The summed E-state index contributed by atoms with van der Waals surface area (Å²) in [6, 6.07) is 8.07. The molecule has 1 aliphatic rings. The van der Waals surface area contributed by atoms with E-state index in [1.807, 2.05) is 25.1 Å². The predicted octanol–water partition coefficient (Wildman–Crippen LogP) is 2.95. The maximum Gasteiger partial charge on any atom is 0.122 e. The lowest BCUT2D eigenvalue weighted by atomic mass is 9.89. The zero-order valence-corrected chi connectivity index (χ0v) is 10.4. The number of para-hydroxylation sites is 1. The molecule has 1 N–H and O–H groups in total. The Balaban J connectivity index is 1.95. The fourth-order valence-corrected chi connectivity index (χ4v) is 2.23. The highest BCUT2D eigenvalue weighted by molar-refractivity contribution is 5.35. The van der Waals surface area contributed by atoms with Gasteiger partial charge in [0.1, 0.15) is 5.75 Å². The first-order valence-corrected chi connectivity index (χ1v) is 6.20. The van der Waals surface area contributed by atoms with Gasteiger partial charge in [0.15, 0.2) is 0 Å². The normalized spacial score (nSPS) is 20.2. The Hall–Kier alpha value is -1.28. The summed E-state index contributed by atoms with van der Waals surface area (Å²) in [4.78, 5) is 0. The van der Waals surface area contributed by atoms with Crippen molar-refractivity contribution in [2.75, 3.05) is 6.61 Å². The molecule has 1 aromatic rings. The van der Waals surface area contributed by atoms with Gasteiger partial charge in [-0.25, -0.2) is 0 Å². The van der Waals surface area contributed by atoms with Gasteiger partial charge in [-0.1, -0.05) is 23.8 Å². The molecule has 2 nitrogen and oxygen atoms in total. The van der Waals surface area contributed by atoms with E-state index in [2.05, 4.69) is 12.6 Å². The molecule has 1 aliphatic heterocycles. The van der Waals surface area contributed by atoms with E-state index in [0.717, 1.165) is 30.6 Å². The first-order valence-electron chi connectivity index (χ1n) is 6.20. The monoisotopic (exact) mass is 232 g/mol. The van der Waals surface area contributed by atoms with Crippen LogP contribution in [0.15, 0.2) is 36.4 Å². The summed E-state index contributed by atoms with van der Waals surface area (Å²) in [5.41, 5.74) is 2.33. The fraction of sp³-hybridized carbons (Fsp3) is 0.467. The number of allylic oxidation sites excluding steroid dienone is 1. The lowest BCUT2D eigenvalue weighted by Gasteiger charge is -2.28. The maximum absolute atomic E-state index is 10.1. The molecule has 17 heavy (non-hydrogen) atoms. The number of aliphatic hydroxyl groups is 1. The van der Waals surface area contributed by atoms with Gasteiger partial charge in [0.05, 0.1) is 12.7 Å². The summed E-state index contributed by atoms with van der Waals surface area (Å²) < 4.78 is 5.68. The minimum absolute atomic E-state index is 0.212. The van der Waals surface area contributed by atoms with E-state index < -0.39 is 0 Å². The summed E-state index contributed by atoms with van der Waals surface area (Å²) in [5, 5.41) is 10.1. The molecule has 0 bridgehead atoms. The van der Waals surface area contributed by atoms with E-state index in [-0.39, 0.29) is 12.0 Å². The molecule has 0 saturated heterocycles. The van der Waals surface area contributed by atoms with E-state index >= 15 is 0 Å². The Labute approximate surface area is 103 Å². The van der Waals surface area contributed by atoms with Crippen LogP contribution in [0.2, 0.25) is 0 Å². The first-order chi connectivity index (χ1) is 8.16. The van der Waals surface area contributed by atoms with Crippen LogP contribution in [0.5, 0.6) is 5.75 Å². The van der Waals surface area contributed by atoms with Crippen molar-refractivity contribution < 1.29 is 9.84 Å². The molecule has 2 unspecified atom stereocenters. The second kappa shape index (κ2) is 5.37. The fourth-order valence-electron chi connectivity index (χ4n) is 2.23. The minimum atomic E-state index is -0.292. The first kappa shape index (κ1) is 12.2. The van der Waals surface area contributed by atoms with Crippen LogP contribution in [0.3, 0.4) is 0 Å². The highest BCUT2D eigenvalue weighted by Gasteiger charge is 2.25. The van der Waals surface area contributed by atoms with Crippen LogP contribution in [-0.2, 0) is 6.42 Å². The lowest BCUT2D eigenvalue weighted by Crippen LogP contribution is -2.31. The standard InChI is InChI=1S/C15H20O2/c1-11(2)7-8-14(16)13-9-12-5-3-4-6-15(12)17-10-13/h3-6,13-14,16H,1,7-10H2,2H3. The summed E-state index contributed by atoms with van der Waals surface area (Å²) >= 11 is 0. The van der Waals surface area contributed by atoms with E-state index in [1.54, 1.807) is 0 Å². The lowest BCUT2D eigenvalue weighted by molar-refractivity contribution is 0.0590. The zero-order valence-electron chi connectivity index (χ0n) is 10.4. The molecular weight excluding hydrogens is 212 g/mol. The molecular formula is C15H20O2. The van der Waals surface area contributed by atoms with Crippen molar-refractivity contribution in [1.29, 1.82) is 0 Å². The van der Waals surface area contributed by atoms with E-state index in [9.17, 15) is 5.11 Å². The third-order valence-corrected chi connectivity index (χ3v) is 3.32. The molecule has 2 rings (SSSR count). The van der Waals surface area contributed by atoms with Gasteiger partial charge in [-0.3, -0.25) is 0 Å². The van der Waals surface area contributed by atoms with Gasteiger partial charge in [-0.05, 0) is 37.8 Å². The van der Waals surface area contributed by atoms with Crippen LogP contribution < -0.4 is 4.74 Å². The van der Waals surface area contributed by atoms with Crippen molar-refractivity contribution in [3.63, 3.8) is 0 Å². The SMILES string of the molecule is C=C(C)CCC(O)C1COc2ccccc2C1. The summed E-state index contributed by atoms with van der Waals surface area (Å²) in [5.74, 6) is 1.18. The Kier molecular flexibility index (Phi) is 3.85. The second-order valence-corrected chi connectivity index (χ2v) is 4.95. The molecule has 0 spiro atoms. The minimum Gasteiger partial charge on any atom is -0.493 e. The van der Waals surface area contributed by atoms with Crippen LogP contribution in [0.1, 0.15) is 25.3 Å². The van der Waals surface area contributed by atoms with Crippen molar-refractivity contribution in [3.05, 3.63) is 42.0 Å². The highest BCUT2D eigenvalue weighted by Crippen LogP contribution is 2.29. The molecule has 0 aromatic heterocycles. The summed E-state index contributed by atoms with van der Waals surface area (Å²) in [6.07, 6.45) is 2.29. The number of hydrogen-bond donors (Lipinski definition) is 1. The number of ether oxygens (including phenoxy) is 1. The van der Waals surface area contributed by atoms with Gasteiger partial charge in [0.25, 0.3) is 0 Å². The zero-order chi connectivity index (χ0) is 12.3. The van der Waals surface area contributed by atoms with Gasteiger partial charge in [-0.2, -0.15) is 0 Å². The topological polar surface area (TPSA) is 29.5 Å². The molecule has 92 valence electrons. The second-order valence-electron chi connectivity index (χ2n) is 4.95. The molecule has 2 atom stereocenters. The molecule has 1 aromatic carbocycles. The Bertz CT molecular complexity index is 398. The van der Waals surface area contributed by atoms with Crippen LogP contribution in [0.4, 0.5) is 0 Å². The van der Waals surface area contributed by atoms with Crippen LogP contribution >= 0.6 is 0 Å². The van der Waals surface area contributed by atoms with Crippen LogP contribution in [0, 0.1) is 5.92 Å². The molecule has 0 fully saturated rings. The average Bonchev–Trinajstić information content (AvgIpc) is 2.35. The average molecular weight is 232 g/mol. The van der Waals surface area contributed by atoms with Gasteiger partial charge in [-0.15, -0.1) is 6.58 Å². The molecule has 1 heterocycles. The van der Waals surface area contributed by atoms with Crippen molar-refractivity contribution in [2.24, 2.45) is 5.92 Å². The van der Waals surface area contributed by atoms with Crippen molar-refractivity contribution in [1.82, 2.24) is 0 Å². The smallest absolute Gasteiger partial charge is 0.122 e. The third kappa shape index (κ3) is 3.10. The molecule has 0 amide bonds. The van der Waals surface area contributed by atoms with Crippen LogP contribution in [0.25, 0.3) is 0 Å². The predicted molar refractivity (Wildman–Crippen MR) is 69.2 cm³/mol. The molecule has 0 radical (unpaired) electrons. The summed E-state index contributed by atoms with van der Waals surface area (Å²) in [7, 11) is 0. The van der Waals surface area contributed by atoms with Gasteiger partial charge in [0.2, 0.25) is 0 Å². The largest absolute Gasteiger partial charge is 0.493 e. The van der Waals surface area contributed by atoms with Crippen molar-refractivity contribution >= 4 is 0 Å². The van der Waals surface area contributed by atoms with Gasteiger partial charge in [0, 0.05) is 5.92 Å². The summed E-state index contributed by atoms with van der Waals surface area (Å²) in [6.45, 7) is 6.48. The van der Waals surface area contributed by atoms with Crippen LogP contribution in [-0.4, -0.2) is 17.8 Å². The number of fused-ring (bicyclic) bond motifs is 1. The molecule has 0 aliphatic carbocycles. The third-order valence-electron chi connectivity index (χ3n) is 3.32.